The molecule has 2 aliphatic rings. The van der Waals surface area contributed by atoms with Gasteiger partial charge >= 0.3 is 5.69 Å². The minimum absolute atomic E-state index is 0.238. The van der Waals surface area contributed by atoms with Gasteiger partial charge in [0.15, 0.2) is 11.5 Å². The molecule has 0 bridgehead atoms. The lowest BCUT2D eigenvalue weighted by Crippen LogP contribution is -2.29. The lowest BCUT2D eigenvalue weighted by atomic mass is 10.0. The number of H-pyrrole nitrogens is 1. The van der Waals surface area contributed by atoms with Crippen molar-refractivity contribution in [2.24, 2.45) is 0 Å². The predicted octanol–water partition coefficient (Wildman–Crippen LogP) is 7.46. The number of rotatable bonds is 17. The van der Waals surface area contributed by atoms with Crippen LogP contribution in [0, 0.1) is 13.8 Å². The van der Waals surface area contributed by atoms with E-state index < -0.39 is 11.2 Å². The average molecular weight is 495 g/mol. The Morgan fingerprint density at radius 3 is 1.75 bits per heavy atom. The lowest BCUT2D eigenvalue weighted by Gasteiger charge is -2.17. The SMILES string of the molecule is CCCCCCCCCCCCCCCCCCn1c2nc(=O)[nH]c(=O)c-2nc2cc(C)c(C)cc21. The number of hydrogen-bond donors (Lipinski definition) is 1. The Morgan fingerprint density at radius 1 is 0.694 bits per heavy atom. The van der Waals surface area contributed by atoms with Gasteiger partial charge < -0.3 is 4.57 Å². The standard InChI is InChI=1S/C30H46N4O2/c1-4-5-6-7-8-9-10-11-12-13-14-15-16-17-18-19-20-34-26-22-24(3)23(2)21-25(26)31-27-28(34)32-30(36)33-29(27)35/h21-22H,4-20H2,1-3H3,(H,33,35,36). The molecule has 6 heteroatoms. The van der Waals surface area contributed by atoms with E-state index in [4.69, 9.17) is 0 Å². The highest BCUT2D eigenvalue weighted by molar-refractivity contribution is 5.81. The number of nitrogens with one attached hydrogen (secondary N) is 1. The molecule has 0 radical (unpaired) electrons. The highest BCUT2D eigenvalue weighted by Gasteiger charge is 2.19. The smallest absolute Gasteiger partial charge is 0.322 e. The molecule has 2 heterocycles. The van der Waals surface area contributed by atoms with Crippen LogP contribution in [0.1, 0.15) is 121 Å². The zero-order valence-corrected chi connectivity index (χ0v) is 22.8. The third kappa shape index (κ3) is 8.28. The molecule has 36 heavy (non-hydrogen) atoms. The molecule has 1 aromatic rings. The van der Waals surface area contributed by atoms with Crippen LogP contribution >= 0.6 is 0 Å². The first-order chi connectivity index (χ1) is 17.5. The fourth-order valence-corrected chi connectivity index (χ4v) is 5.09. The summed E-state index contributed by atoms with van der Waals surface area (Å²) < 4.78 is 2.02. The molecule has 0 aromatic heterocycles. The van der Waals surface area contributed by atoms with E-state index in [1.165, 1.54) is 89.9 Å². The van der Waals surface area contributed by atoms with E-state index in [0.29, 0.717) is 5.82 Å². The summed E-state index contributed by atoms with van der Waals surface area (Å²) in [5.74, 6) is 0.389. The molecule has 0 atom stereocenters. The van der Waals surface area contributed by atoms with Crippen molar-refractivity contribution in [3.63, 3.8) is 0 Å². The first-order valence-corrected chi connectivity index (χ1v) is 14.4. The van der Waals surface area contributed by atoms with Crippen LogP contribution in [-0.2, 0) is 6.54 Å². The van der Waals surface area contributed by atoms with Crippen molar-refractivity contribution in [3.05, 3.63) is 44.1 Å². The monoisotopic (exact) mass is 494 g/mol. The molecule has 0 amide bonds. The number of aromatic amines is 1. The van der Waals surface area contributed by atoms with E-state index in [2.05, 4.69) is 34.9 Å². The second-order valence-electron chi connectivity index (χ2n) is 10.5. The van der Waals surface area contributed by atoms with Crippen LogP contribution in [0.5, 0.6) is 0 Å². The van der Waals surface area contributed by atoms with Gasteiger partial charge in [-0.15, -0.1) is 0 Å². The largest absolute Gasteiger partial charge is 0.349 e. The summed E-state index contributed by atoms with van der Waals surface area (Å²) in [7, 11) is 0. The van der Waals surface area contributed by atoms with Crippen LogP contribution in [0.2, 0.25) is 0 Å². The van der Waals surface area contributed by atoms with E-state index in [0.717, 1.165) is 41.5 Å². The van der Waals surface area contributed by atoms with E-state index in [1.54, 1.807) is 0 Å². The second kappa shape index (κ2) is 14.9. The topological polar surface area (TPSA) is 80.6 Å². The minimum atomic E-state index is -0.613. The highest BCUT2D eigenvalue weighted by Crippen LogP contribution is 2.24. The lowest BCUT2D eigenvalue weighted by molar-refractivity contribution is 0.522. The third-order valence-corrected chi connectivity index (χ3v) is 7.46. The highest BCUT2D eigenvalue weighted by atomic mass is 16.2. The molecule has 6 nitrogen and oxygen atoms in total. The number of aromatic nitrogens is 4. The number of unbranched alkanes of at least 4 members (excludes halogenated alkanes) is 15. The summed E-state index contributed by atoms with van der Waals surface area (Å²) in [5.41, 5.74) is 3.16. The molecule has 0 saturated carbocycles. The van der Waals surface area contributed by atoms with Gasteiger partial charge in [0.25, 0.3) is 5.56 Å². The van der Waals surface area contributed by atoms with Gasteiger partial charge in [-0.3, -0.25) is 9.78 Å². The van der Waals surface area contributed by atoms with Crippen LogP contribution in [0.25, 0.3) is 22.6 Å². The quantitative estimate of drug-likeness (QED) is 0.156. The third-order valence-electron chi connectivity index (χ3n) is 7.46. The maximum absolute atomic E-state index is 12.4. The van der Waals surface area contributed by atoms with E-state index >= 15 is 0 Å². The normalized spacial score (nSPS) is 11.6. The van der Waals surface area contributed by atoms with Crippen molar-refractivity contribution < 1.29 is 0 Å². The van der Waals surface area contributed by atoms with E-state index in [-0.39, 0.29) is 5.69 Å². The van der Waals surface area contributed by atoms with Crippen LogP contribution < -0.4 is 11.2 Å². The van der Waals surface area contributed by atoms with Crippen LogP contribution in [0.15, 0.2) is 21.7 Å². The molecule has 0 fully saturated rings. The molecule has 0 aliphatic carbocycles. The Bertz CT molecular complexity index is 1160. The molecule has 0 saturated heterocycles. The average Bonchev–Trinajstić information content (AvgIpc) is 2.85. The summed E-state index contributed by atoms with van der Waals surface area (Å²) in [4.78, 5) is 35.2. The van der Waals surface area contributed by atoms with E-state index in [1.807, 2.05) is 17.6 Å². The Labute approximate surface area is 216 Å². The molecular formula is C30H46N4O2. The van der Waals surface area contributed by atoms with Crippen molar-refractivity contribution in [2.45, 2.75) is 130 Å². The van der Waals surface area contributed by atoms with Gasteiger partial charge in [0.1, 0.15) is 0 Å². The number of hydrogen-bond acceptors (Lipinski definition) is 4. The molecule has 3 rings (SSSR count). The Kier molecular flexibility index (Phi) is 11.6. The van der Waals surface area contributed by atoms with Crippen molar-refractivity contribution >= 4 is 11.0 Å². The molecule has 0 unspecified atom stereocenters. The van der Waals surface area contributed by atoms with E-state index in [9.17, 15) is 9.59 Å². The van der Waals surface area contributed by atoms with Gasteiger partial charge in [0.05, 0.1) is 11.0 Å². The Morgan fingerprint density at radius 2 is 1.19 bits per heavy atom. The Balaban J connectivity index is 1.39. The van der Waals surface area contributed by atoms with Gasteiger partial charge in [0.2, 0.25) is 0 Å². The Hall–Kier alpha value is -2.50. The molecule has 0 spiro atoms. The van der Waals surface area contributed by atoms with Crippen molar-refractivity contribution in [1.29, 1.82) is 0 Å². The summed E-state index contributed by atoms with van der Waals surface area (Å²) >= 11 is 0. The minimum Gasteiger partial charge on any atom is -0.322 e. The number of benzene rings is 1. The summed E-state index contributed by atoms with van der Waals surface area (Å²) in [5, 5.41) is 0. The molecule has 198 valence electrons. The van der Waals surface area contributed by atoms with Crippen molar-refractivity contribution in [2.75, 3.05) is 0 Å². The molecule has 1 aromatic carbocycles. The summed E-state index contributed by atoms with van der Waals surface area (Å²) in [6, 6.07) is 4.11. The second-order valence-corrected chi connectivity index (χ2v) is 10.5. The van der Waals surface area contributed by atoms with Crippen LogP contribution in [0.3, 0.4) is 0 Å². The molecule has 1 N–H and O–H groups in total. The fraction of sp³-hybridized carbons (Fsp3) is 0.667. The van der Waals surface area contributed by atoms with Crippen LogP contribution in [-0.4, -0.2) is 19.5 Å². The van der Waals surface area contributed by atoms with Crippen molar-refractivity contribution in [3.8, 4) is 11.5 Å². The van der Waals surface area contributed by atoms with Gasteiger partial charge in [-0.25, -0.2) is 9.78 Å². The van der Waals surface area contributed by atoms with Gasteiger partial charge in [-0.2, -0.15) is 4.98 Å². The zero-order chi connectivity index (χ0) is 25.8. The number of aryl methyl sites for hydroxylation is 3. The van der Waals surface area contributed by atoms with Gasteiger partial charge in [0, 0.05) is 6.54 Å². The molecular weight excluding hydrogens is 448 g/mol. The first-order valence-electron chi connectivity index (χ1n) is 14.4. The predicted molar refractivity (Wildman–Crippen MR) is 150 cm³/mol. The zero-order valence-electron chi connectivity index (χ0n) is 22.8. The maximum atomic E-state index is 12.4. The first kappa shape index (κ1) is 28.1. The summed E-state index contributed by atoms with van der Waals surface area (Å²) in [6.07, 6.45) is 21.3. The fourth-order valence-electron chi connectivity index (χ4n) is 5.09. The number of fused-ring (bicyclic) bond motifs is 2. The van der Waals surface area contributed by atoms with Gasteiger partial charge in [-0.05, 0) is 43.5 Å². The summed E-state index contributed by atoms with van der Waals surface area (Å²) in [6.45, 7) is 7.12. The van der Waals surface area contributed by atoms with Gasteiger partial charge in [-0.1, -0.05) is 103 Å². The maximum Gasteiger partial charge on any atom is 0.349 e. The molecule has 2 aliphatic heterocycles. The van der Waals surface area contributed by atoms with Crippen molar-refractivity contribution in [1.82, 2.24) is 19.5 Å². The number of nitrogens with zero attached hydrogens (tertiary/aromatic N) is 3. The van der Waals surface area contributed by atoms with Crippen LogP contribution in [0.4, 0.5) is 0 Å².